The number of rotatable bonds is 4. The highest BCUT2D eigenvalue weighted by Gasteiger charge is 2.32. The number of nitrogens with one attached hydrogen (secondary N) is 1. The van der Waals surface area contributed by atoms with Gasteiger partial charge in [0.15, 0.2) is 0 Å². The lowest BCUT2D eigenvalue weighted by atomic mass is 9.71. The quantitative estimate of drug-likeness (QED) is 0.903. The molecule has 1 aromatic heterocycles. The van der Waals surface area contributed by atoms with Gasteiger partial charge < -0.3 is 9.84 Å². The monoisotopic (exact) mass is 264 g/mol. The Morgan fingerprint density at radius 3 is 2.74 bits per heavy atom. The van der Waals surface area contributed by atoms with Crippen molar-refractivity contribution in [3.63, 3.8) is 0 Å². The van der Waals surface area contributed by atoms with Gasteiger partial charge >= 0.3 is 0 Å². The van der Waals surface area contributed by atoms with Gasteiger partial charge in [-0.1, -0.05) is 39.8 Å². The lowest BCUT2D eigenvalue weighted by Crippen LogP contribution is -2.27. The first-order valence-corrected chi connectivity index (χ1v) is 7.55. The maximum Gasteiger partial charge on any atom is 0.140 e. The van der Waals surface area contributed by atoms with Crippen LogP contribution in [0.2, 0.25) is 0 Å². The standard InChI is InChI=1S/C16H28N2O/c1-11(2)9-17-10-14-13-8-12(16(3,4)5)6-7-15(13)19-18-14/h11-12,17H,6-10H2,1-5H3. The van der Waals surface area contributed by atoms with Gasteiger partial charge in [0.1, 0.15) is 11.5 Å². The van der Waals surface area contributed by atoms with Gasteiger partial charge in [-0.05, 0) is 36.6 Å². The van der Waals surface area contributed by atoms with Crippen molar-refractivity contribution in [2.75, 3.05) is 6.54 Å². The summed E-state index contributed by atoms with van der Waals surface area (Å²) in [5.74, 6) is 2.54. The second-order valence-electron chi connectivity index (χ2n) is 7.36. The molecule has 1 unspecified atom stereocenters. The molecule has 1 aliphatic rings. The number of aromatic nitrogens is 1. The van der Waals surface area contributed by atoms with Gasteiger partial charge in [0.2, 0.25) is 0 Å². The van der Waals surface area contributed by atoms with Gasteiger partial charge in [-0.15, -0.1) is 0 Å². The van der Waals surface area contributed by atoms with E-state index in [1.807, 2.05) is 0 Å². The lowest BCUT2D eigenvalue weighted by Gasteiger charge is -2.33. The van der Waals surface area contributed by atoms with E-state index in [0.29, 0.717) is 11.3 Å². The highest BCUT2D eigenvalue weighted by molar-refractivity contribution is 5.26. The van der Waals surface area contributed by atoms with Gasteiger partial charge in [0, 0.05) is 18.5 Å². The van der Waals surface area contributed by atoms with Crippen molar-refractivity contribution in [2.45, 2.75) is 60.4 Å². The summed E-state index contributed by atoms with van der Waals surface area (Å²) in [5.41, 5.74) is 2.88. The molecule has 0 fully saturated rings. The fourth-order valence-corrected chi connectivity index (χ4v) is 2.82. The molecule has 1 heterocycles. The average molecular weight is 264 g/mol. The largest absolute Gasteiger partial charge is 0.361 e. The zero-order valence-electron chi connectivity index (χ0n) is 13.0. The second-order valence-corrected chi connectivity index (χ2v) is 7.36. The molecule has 0 radical (unpaired) electrons. The van der Waals surface area contributed by atoms with Gasteiger partial charge in [0.05, 0.1) is 0 Å². The van der Waals surface area contributed by atoms with E-state index in [1.54, 1.807) is 0 Å². The molecule has 0 bridgehead atoms. The molecule has 3 nitrogen and oxygen atoms in total. The normalized spacial score (nSPS) is 19.8. The smallest absolute Gasteiger partial charge is 0.140 e. The van der Waals surface area contributed by atoms with Crippen molar-refractivity contribution in [1.29, 1.82) is 0 Å². The highest BCUT2D eigenvalue weighted by atomic mass is 16.5. The molecule has 0 aromatic carbocycles. The Hall–Kier alpha value is -0.830. The number of hydrogen-bond acceptors (Lipinski definition) is 3. The van der Waals surface area contributed by atoms with E-state index in [2.05, 4.69) is 45.1 Å². The number of hydrogen-bond donors (Lipinski definition) is 1. The van der Waals surface area contributed by atoms with Crippen LogP contribution in [0, 0.1) is 17.3 Å². The van der Waals surface area contributed by atoms with Crippen LogP contribution in [0.3, 0.4) is 0 Å². The van der Waals surface area contributed by atoms with E-state index in [0.717, 1.165) is 43.3 Å². The molecule has 2 rings (SSSR count). The summed E-state index contributed by atoms with van der Waals surface area (Å²) >= 11 is 0. The van der Waals surface area contributed by atoms with E-state index < -0.39 is 0 Å². The third kappa shape index (κ3) is 3.59. The van der Waals surface area contributed by atoms with Crippen LogP contribution in [0.25, 0.3) is 0 Å². The SMILES string of the molecule is CC(C)CNCc1noc2c1CC(C(C)(C)C)CC2. The predicted octanol–water partition coefficient (Wildman–Crippen LogP) is 3.57. The van der Waals surface area contributed by atoms with Crippen LogP contribution in [0.1, 0.15) is 58.1 Å². The fourth-order valence-electron chi connectivity index (χ4n) is 2.82. The summed E-state index contributed by atoms with van der Waals surface area (Å²) in [7, 11) is 0. The summed E-state index contributed by atoms with van der Waals surface area (Å²) in [6.45, 7) is 13.3. The minimum Gasteiger partial charge on any atom is -0.361 e. The summed E-state index contributed by atoms with van der Waals surface area (Å²) < 4.78 is 5.52. The van der Waals surface area contributed by atoms with E-state index in [1.165, 1.54) is 12.0 Å². The molecule has 1 N–H and O–H groups in total. The van der Waals surface area contributed by atoms with Gasteiger partial charge in [-0.25, -0.2) is 0 Å². The Balaban J connectivity index is 2.03. The van der Waals surface area contributed by atoms with Crippen LogP contribution < -0.4 is 5.32 Å². The molecule has 108 valence electrons. The summed E-state index contributed by atoms with van der Waals surface area (Å²) in [6.07, 6.45) is 3.40. The molecule has 19 heavy (non-hydrogen) atoms. The van der Waals surface area contributed by atoms with Crippen LogP contribution in [0.4, 0.5) is 0 Å². The van der Waals surface area contributed by atoms with Crippen LogP contribution in [-0.4, -0.2) is 11.7 Å². The van der Waals surface area contributed by atoms with E-state index in [-0.39, 0.29) is 0 Å². The molecule has 1 atom stereocenters. The van der Waals surface area contributed by atoms with E-state index >= 15 is 0 Å². The zero-order valence-corrected chi connectivity index (χ0v) is 13.0. The fraction of sp³-hybridized carbons (Fsp3) is 0.812. The Morgan fingerprint density at radius 2 is 2.11 bits per heavy atom. The first-order valence-electron chi connectivity index (χ1n) is 7.55. The van der Waals surface area contributed by atoms with Crippen LogP contribution in [-0.2, 0) is 19.4 Å². The van der Waals surface area contributed by atoms with Crippen LogP contribution >= 0.6 is 0 Å². The molecule has 3 heteroatoms. The van der Waals surface area contributed by atoms with Gasteiger partial charge in [0.25, 0.3) is 0 Å². The van der Waals surface area contributed by atoms with E-state index in [4.69, 9.17) is 4.52 Å². The molecule has 1 aromatic rings. The third-order valence-electron chi connectivity index (χ3n) is 4.19. The molecular formula is C16H28N2O. The van der Waals surface area contributed by atoms with Crippen LogP contribution in [0.15, 0.2) is 4.52 Å². The zero-order chi connectivity index (χ0) is 14.0. The summed E-state index contributed by atoms with van der Waals surface area (Å²) in [4.78, 5) is 0. The van der Waals surface area contributed by atoms with Crippen molar-refractivity contribution in [3.8, 4) is 0 Å². The lowest BCUT2D eigenvalue weighted by molar-refractivity contribution is 0.206. The first kappa shape index (κ1) is 14.6. The second kappa shape index (κ2) is 5.66. The molecule has 1 aliphatic carbocycles. The average Bonchev–Trinajstić information content (AvgIpc) is 2.70. The van der Waals surface area contributed by atoms with Gasteiger partial charge in [-0.3, -0.25) is 0 Å². The van der Waals surface area contributed by atoms with E-state index in [9.17, 15) is 0 Å². The molecule has 0 saturated carbocycles. The maximum atomic E-state index is 5.52. The molecular weight excluding hydrogens is 236 g/mol. The topological polar surface area (TPSA) is 38.1 Å². The molecule has 0 spiro atoms. The number of fused-ring (bicyclic) bond motifs is 1. The third-order valence-corrected chi connectivity index (χ3v) is 4.19. The maximum absolute atomic E-state index is 5.52. The summed E-state index contributed by atoms with van der Waals surface area (Å²) in [5, 5.41) is 7.74. The van der Waals surface area contributed by atoms with Crippen molar-refractivity contribution < 1.29 is 4.52 Å². The number of aryl methyl sites for hydroxylation is 1. The first-order chi connectivity index (χ1) is 8.88. The van der Waals surface area contributed by atoms with Crippen molar-refractivity contribution in [2.24, 2.45) is 17.3 Å². The molecule has 0 amide bonds. The van der Waals surface area contributed by atoms with Crippen molar-refractivity contribution >= 4 is 0 Å². The Kier molecular flexibility index (Phi) is 4.34. The minimum atomic E-state index is 0.373. The minimum absolute atomic E-state index is 0.373. The summed E-state index contributed by atoms with van der Waals surface area (Å²) in [6, 6.07) is 0. The Labute approximate surface area is 117 Å². The Morgan fingerprint density at radius 1 is 1.37 bits per heavy atom. The van der Waals surface area contributed by atoms with Crippen molar-refractivity contribution in [3.05, 3.63) is 17.0 Å². The predicted molar refractivity (Wildman–Crippen MR) is 78.0 cm³/mol. The van der Waals surface area contributed by atoms with Crippen LogP contribution in [0.5, 0.6) is 0 Å². The molecule has 0 saturated heterocycles. The highest BCUT2D eigenvalue weighted by Crippen LogP contribution is 2.38. The molecule has 0 aliphatic heterocycles. The number of nitrogens with zero attached hydrogens (tertiary/aromatic N) is 1. The van der Waals surface area contributed by atoms with Gasteiger partial charge in [-0.2, -0.15) is 0 Å². The Bertz CT molecular complexity index is 415. The van der Waals surface area contributed by atoms with Crippen molar-refractivity contribution in [1.82, 2.24) is 10.5 Å².